The molecular weight excluding hydrogens is 559 g/mol. The Morgan fingerprint density at radius 3 is 1.70 bits per heavy atom. The minimum Gasteiger partial charge on any atom is -0.245 e. The monoisotopic (exact) mass is 581 g/mol. The minimum atomic E-state index is -0.318. The van der Waals surface area contributed by atoms with E-state index in [0.717, 1.165) is 32.5 Å². The van der Waals surface area contributed by atoms with Crippen LogP contribution in [0, 0.1) is 0 Å². The van der Waals surface area contributed by atoms with Crippen LogP contribution in [0.4, 0.5) is 0 Å². The molecule has 0 amide bonds. The van der Waals surface area contributed by atoms with Crippen LogP contribution in [0.2, 0.25) is 0 Å². The summed E-state index contributed by atoms with van der Waals surface area (Å²) < 4.78 is 2.62. The second-order valence-corrected chi connectivity index (χ2v) is 12.0. The van der Waals surface area contributed by atoms with E-state index in [1.165, 1.54) is 49.2 Å². The van der Waals surface area contributed by atoms with Crippen LogP contribution in [0.15, 0.2) is 144 Å². The Labute approximate surface area is 256 Å². The number of fused-ring (bicyclic) bond motifs is 9. The highest BCUT2D eigenvalue weighted by Gasteiger charge is 2.14. The van der Waals surface area contributed by atoms with Crippen molar-refractivity contribution >= 4 is 58.8 Å². The van der Waals surface area contributed by atoms with Gasteiger partial charge < -0.3 is 0 Å². The summed E-state index contributed by atoms with van der Waals surface area (Å²) in [4.78, 5) is 22.9. The third-order valence-electron chi connectivity index (χ3n) is 8.49. The molecule has 0 saturated carbocycles. The van der Waals surface area contributed by atoms with Gasteiger partial charge in [0.2, 0.25) is 4.96 Å². The lowest BCUT2D eigenvalue weighted by Crippen LogP contribution is -2.17. The average molecular weight is 582 g/mol. The number of thiazole rings is 1. The molecule has 7 aromatic carbocycles. The first-order chi connectivity index (χ1) is 21.7. The van der Waals surface area contributed by atoms with Crippen molar-refractivity contribution in [1.29, 1.82) is 0 Å². The van der Waals surface area contributed by atoms with E-state index in [4.69, 9.17) is 4.98 Å². The van der Waals surface area contributed by atoms with E-state index in [2.05, 4.69) is 114 Å². The predicted molar refractivity (Wildman–Crippen MR) is 183 cm³/mol. The number of nitrogens with zero attached hydrogens (tertiary/aromatic N) is 3. The van der Waals surface area contributed by atoms with Crippen LogP contribution < -0.4 is 5.69 Å². The van der Waals surface area contributed by atoms with Gasteiger partial charge >= 0.3 is 5.69 Å². The molecule has 0 saturated heterocycles. The van der Waals surface area contributed by atoms with Crippen molar-refractivity contribution in [1.82, 2.24) is 14.4 Å². The molecular formula is C39H23N3OS. The van der Waals surface area contributed by atoms with Crippen LogP contribution in [0.5, 0.6) is 0 Å². The average Bonchev–Trinajstić information content (AvgIpc) is 3.47. The van der Waals surface area contributed by atoms with Crippen LogP contribution in [0.3, 0.4) is 0 Å². The van der Waals surface area contributed by atoms with Crippen LogP contribution in [-0.2, 0) is 0 Å². The fourth-order valence-corrected chi connectivity index (χ4v) is 7.39. The van der Waals surface area contributed by atoms with Crippen molar-refractivity contribution in [3.05, 3.63) is 150 Å². The molecule has 44 heavy (non-hydrogen) atoms. The van der Waals surface area contributed by atoms with Crippen LogP contribution in [0.25, 0.3) is 81.1 Å². The largest absolute Gasteiger partial charge is 0.356 e. The third-order valence-corrected chi connectivity index (χ3v) is 9.51. The Balaban J connectivity index is 1.17. The number of hydrogen-bond acceptors (Lipinski definition) is 4. The number of benzene rings is 7. The van der Waals surface area contributed by atoms with Gasteiger partial charge in [0.05, 0.1) is 10.2 Å². The summed E-state index contributed by atoms with van der Waals surface area (Å²) in [5.41, 5.74) is 5.77. The van der Waals surface area contributed by atoms with E-state index in [1.54, 1.807) is 4.40 Å². The van der Waals surface area contributed by atoms with Gasteiger partial charge in [0.1, 0.15) is 0 Å². The Hall–Kier alpha value is -5.65. The molecule has 0 radical (unpaired) electrons. The van der Waals surface area contributed by atoms with E-state index >= 15 is 0 Å². The number of rotatable bonds is 3. The van der Waals surface area contributed by atoms with Gasteiger partial charge in [-0.3, -0.25) is 0 Å². The molecule has 206 valence electrons. The second kappa shape index (κ2) is 9.69. The fourth-order valence-electron chi connectivity index (χ4n) is 6.40. The second-order valence-electron chi connectivity index (χ2n) is 11.0. The lowest BCUT2D eigenvalue weighted by Gasteiger charge is -2.12. The number of aromatic nitrogens is 3. The van der Waals surface area contributed by atoms with Crippen molar-refractivity contribution < 1.29 is 0 Å². The molecule has 0 fully saturated rings. The molecule has 4 nitrogen and oxygen atoms in total. The number of hydrogen-bond donors (Lipinski definition) is 0. The fraction of sp³-hybridized carbons (Fsp3) is 0. The van der Waals surface area contributed by atoms with Crippen molar-refractivity contribution in [2.24, 2.45) is 0 Å². The first kappa shape index (κ1) is 24.9. The zero-order chi connectivity index (χ0) is 29.2. The maximum Gasteiger partial charge on any atom is 0.356 e. The Kier molecular flexibility index (Phi) is 5.49. The van der Waals surface area contributed by atoms with Crippen molar-refractivity contribution in [2.45, 2.75) is 0 Å². The van der Waals surface area contributed by atoms with E-state index in [1.807, 2.05) is 30.3 Å². The highest BCUT2D eigenvalue weighted by atomic mass is 32.1. The zero-order valence-electron chi connectivity index (χ0n) is 23.4. The molecule has 0 unspecified atom stereocenters. The first-order valence-electron chi connectivity index (χ1n) is 14.5. The van der Waals surface area contributed by atoms with Gasteiger partial charge in [-0.2, -0.15) is 9.97 Å². The van der Waals surface area contributed by atoms with Crippen molar-refractivity contribution in [2.75, 3.05) is 0 Å². The third kappa shape index (κ3) is 3.87. The van der Waals surface area contributed by atoms with Gasteiger partial charge in [-0.05, 0) is 78.8 Å². The van der Waals surface area contributed by atoms with Crippen molar-refractivity contribution in [3.8, 4) is 33.6 Å². The molecule has 0 aliphatic heterocycles. The Morgan fingerprint density at radius 2 is 1.00 bits per heavy atom. The molecule has 2 aromatic heterocycles. The SMILES string of the molecule is O=c1nc(-c2ccccc2)nc2sc3ccc(-c4cccc(-c5ccc6c7ccccc7c7ccccc7c6c5)c4)cc3n12. The lowest BCUT2D eigenvalue weighted by atomic mass is 9.91. The van der Waals surface area contributed by atoms with Gasteiger partial charge in [-0.1, -0.05) is 127 Å². The smallest absolute Gasteiger partial charge is 0.245 e. The summed E-state index contributed by atoms with van der Waals surface area (Å²) >= 11 is 1.50. The molecule has 0 aliphatic carbocycles. The maximum absolute atomic E-state index is 13.2. The first-order valence-corrected chi connectivity index (χ1v) is 15.4. The molecule has 0 bridgehead atoms. The van der Waals surface area contributed by atoms with Crippen molar-refractivity contribution in [3.63, 3.8) is 0 Å². The standard InChI is InChI=1S/C39H23N3OS/c43-38-40-37(24-9-2-1-3-10-24)41-39-42(38)35-23-28(18-20-36(35)44-39)26-12-8-11-25(21-26)27-17-19-33-31-15-5-4-13-29(31)30-14-6-7-16-32(30)34(33)22-27/h1-23H. The molecule has 0 spiro atoms. The molecule has 2 heterocycles. The summed E-state index contributed by atoms with van der Waals surface area (Å²) in [6.07, 6.45) is 0. The zero-order valence-corrected chi connectivity index (χ0v) is 24.3. The van der Waals surface area contributed by atoms with E-state index in [0.29, 0.717) is 10.8 Å². The Bertz CT molecular complexity index is 2600. The highest BCUT2D eigenvalue weighted by molar-refractivity contribution is 7.23. The predicted octanol–water partition coefficient (Wildman–Crippen LogP) is 9.76. The van der Waals surface area contributed by atoms with Crippen LogP contribution >= 0.6 is 11.3 Å². The van der Waals surface area contributed by atoms with E-state index in [9.17, 15) is 4.79 Å². The normalized spacial score (nSPS) is 11.7. The summed E-state index contributed by atoms with van der Waals surface area (Å²) in [5, 5.41) is 7.60. The molecule has 5 heteroatoms. The molecule has 0 N–H and O–H groups in total. The summed E-state index contributed by atoms with van der Waals surface area (Å²) in [6, 6.07) is 48.6. The van der Waals surface area contributed by atoms with Gasteiger partial charge in [-0.15, -0.1) is 0 Å². The quantitative estimate of drug-likeness (QED) is 0.195. The summed E-state index contributed by atoms with van der Waals surface area (Å²) in [6.45, 7) is 0. The van der Waals surface area contributed by atoms with Gasteiger partial charge in [0.15, 0.2) is 5.82 Å². The summed E-state index contributed by atoms with van der Waals surface area (Å²) in [5.74, 6) is 0.450. The van der Waals surface area contributed by atoms with Gasteiger partial charge in [0, 0.05) is 5.56 Å². The van der Waals surface area contributed by atoms with E-state index in [-0.39, 0.29) is 5.69 Å². The molecule has 0 atom stereocenters. The van der Waals surface area contributed by atoms with Gasteiger partial charge in [-0.25, -0.2) is 9.20 Å². The maximum atomic E-state index is 13.2. The summed E-state index contributed by atoms with van der Waals surface area (Å²) in [7, 11) is 0. The molecule has 9 aromatic rings. The molecule has 9 rings (SSSR count). The highest BCUT2D eigenvalue weighted by Crippen LogP contribution is 2.38. The topological polar surface area (TPSA) is 47.3 Å². The lowest BCUT2D eigenvalue weighted by molar-refractivity contribution is 0.993. The van der Waals surface area contributed by atoms with E-state index < -0.39 is 0 Å². The van der Waals surface area contributed by atoms with Crippen LogP contribution in [0.1, 0.15) is 0 Å². The minimum absolute atomic E-state index is 0.318. The van der Waals surface area contributed by atoms with Gasteiger partial charge in [0.25, 0.3) is 0 Å². The van der Waals surface area contributed by atoms with Crippen LogP contribution in [-0.4, -0.2) is 14.4 Å². The Morgan fingerprint density at radius 1 is 0.455 bits per heavy atom. The molecule has 0 aliphatic rings.